The molecule has 2 rings (SSSR count). The molecule has 0 saturated carbocycles. The van der Waals surface area contributed by atoms with E-state index < -0.39 is 11.7 Å². The Morgan fingerprint density at radius 1 is 1.35 bits per heavy atom. The lowest BCUT2D eigenvalue weighted by molar-refractivity contribution is 0.0367. The van der Waals surface area contributed by atoms with Gasteiger partial charge in [0.15, 0.2) is 0 Å². The van der Waals surface area contributed by atoms with Crippen LogP contribution in [0.5, 0.6) is 0 Å². The van der Waals surface area contributed by atoms with Crippen LogP contribution in [0, 0.1) is 12.7 Å². The average Bonchev–Trinajstić information content (AvgIpc) is 2.38. The number of aryl methyl sites for hydroxylation is 1. The molecule has 5 heteroatoms. The average molecular weight is 279 g/mol. The molecule has 1 aromatic rings. The third-order valence-corrected chi connectivity index (χ3v) is 3.95. The molecule has 0 spiro atoms. The monoisotopic (exact) mass is 279 g/mol. The van der Waals surface area contributed by atoms with Crippen LogP contribution < -0.4 is 11.2 Å². The molecule has 0 aliphatic carbocycles. The third-order valence-electron chi connectivity index (χ3n) is 3.95. The first-order valence-electron chi connectivity index (χ1n) is 7.05. The number of hydrazine groups is 1. The van der Waals surface area contributed by atoms with Gasteiger partial charge in [0.05, 0.1) is 5.56 Å². The SMILES string of the molecule is Cc1cc(N)cc(C(=O)NN2C(C)CCCC2C)c1F. The molecule has 2 atom stereocenters. The molecule has 1 aliphatic heterocycles. The number of benzene rings is 1. The van der Waals surface area contributed by atoms with Crippen LogP contribution in [-0.4, -0.2) is 23.0 Å². The Labute approximate surface area is 119 Å². The Bertz CT molecular complexity index is 508. The molecular formula is C15H22FN3O. The number of piperidine rings is 1. The van der Waals surface area contributed by atoms with Crippen molar-refractivity contribution in [2.24, 2.45) is 0 Å². The lowest BCUT2D eigenvalue weighted by Crippen LogP contribution is -2.54. The maximum Gasteiger partial charge on any atom is 0.268 e. The van der Waals surface area contributed by atoms with Crippen LogP contribution in [0.25, 0.3) is 0 Å². The number of nitrogen functional groups attached to an aromatic ring is 1. The number of nitrogens with zero attached hydrogens (tertiary/aromatic N) is 1. The molecule has 110 valence electrons. The summed E-state index contributed by atoms with van der Waals surface area (Å²) in [5.74, 6) is -0.937. The molecule has 1 heterocycles. The number of carbonyl (C=O) groups is 1. The molecule has 4 nitrogen and oxygen atoms in total. The lowest BCUT2D eigenvalue weighted by atomic mass is 10.00. The lowest BCUT2D eigenvalue weighted by Gasteiger charge is -2.38. The Kier molecular flexibility index (Phi) is 4.28. The van der Waals surface area contributed by atoms with Crippen molar-refractivity contribution in [1.29, 1.82) is 0 Å². The van der Waals surface area contributed by atoms with Gasteiger partial charge in [0, 0.05) is 17.8 Å². The number of halogens is 1. The molecule has 0 radical (unpaired) electrons. The van der Waals surface area contributed by atoms with E-state index >= 15 is 0 Å². The molecule has 1 aliphatic rings. The zero-order valence-corrected chi connectivity index (χ0v) is 12.2. The van der Waals surface area contributed by atoms with Crippen LogP contribution >= 0.6 is 0 Å². The quantitative estimate of drug-likeness (QED) is 0.818. The van der Waals surface area contributed by atoms with Crippen molar-refractivity contribution in [3.8, 4) is 0 Å². The smallest absolute Gasteiger partial charge is 0.268 e. The van der Waals surface area contributed by atoms with Crippen LogP contribution in [0.3, 0.4) is 0 Å². The summed E-state index contributed by atoms with van der Waals surface area (Å²) in [4.78, 5) is 12.3. The predicted molar refractivity (Wildman–Crippen MR) is 77.6 cm³/mol. The van der Waals surface area contributed by atoms with Crippen LogP contribution in [0.1, 0.15) is 49.0 Å². The van der Waals surface area contributed by atoms with Gasteiger partial charge in [-0.1, -0.05) is 6.42 Å². The molecule has 3 N–H and O–H groups in total. The van der Waals surface area contributed by atoms with Crippen molar-refractivity contribution >= 4 is 11.6 Å². The molecule has 1 aromatic carbocycles. The first kappa shape index (κ1) is 14.8. The first-order chi connectivity index (χ1) is 9.40. The van der Waals surface area contributed by atoms with E-state index in [1.807, 2.05) is 5.01 Å². The van der Waals surface area contributed by atoms with Crippen molar-refractivity contribution < 1.29 is 9.18 Å². The van der Waals surface area contributed by atoms with Gasteiger partial charge in [0.2, 0.25) is 0 Å². The molecule has 20 heavy (non-hydrogen) atoms. The number of amides is 1. The standard InChI is InChI=1S/C15H22FN3O/c1-9-7-12(17)8-13(14(9)16)15(20)18-19-10(2)5-4-6-11(19)3/h7-8,10-11H,4-6,17H2,1-3H3,(H,18,20). The van der Waals surface area contributed by atoms with Crippen molar-refractivity contribution in [3.05, 3.63) is 29.1 Å². The molecule has 1 amide bonds. The van der Waals surface area contributed by atoms with Crippen LogP contribution in [-0.2, 0) is 0 Å². The van der Waals surface area contributed by atoms with E-state index in [9.17, 15) is 9.18 Å². The van der Waals surface area contributed by atoms with Crippen molar-refractivity contribution in [3.63, 3.8) is 0 Å². The van der Waals surface area contributed by atoms with E-state index in [4.69, 9.17) is 5.73 Å². The van der Waals surface area contributed by atoms with Gasteiger partial charge in [-0.05, 0) is 51.3 Å². The summed E-state index contributed by atoms with van der Waals surface area (Å²) >= 11 is 0. The van der Waals surface area contributed by atoms with Gasteiger partial charge < -0.3 is 5.73 Å². The Morgan fingerprint density at radius 2 is 1.95 bits per heavy atom. The highest BCUT2D eigenvalue weighted by Crippen LogP contribution is 2.22. The van der Waals surface area contributed by atoms with Gasteiger partial charge >= 0.3 is 0 Å². The molecular weight excluding hydrogens is 257 g/mol. The minimum Gasteiger partial charge on any atom is -0.399 e. The van der Waals surface area contributed by atoms with E-state index in [-0.39, 0.29) is 17.6 Å². The zero-order chi connectivity index (χ0) is 14.9. The molecule has 0 aromatic heterocycles. The highest BCUT2D eigenvalue weighted by Gasteiger charge is 2.27. The number of anilines is 1. The summed E-state index contributed by atoms with van der Waals surface area (Å²) in [6, 6.07) is 3.43. The summed E-state index contributed by atoms with van der Waals surface area (Å²) in [5, 5.41) is 1.92. The fourth-order valence-electron chi connectivity index (χ4n) is 2.78. The van der Waals surface area contributed by atoms with Crippen LogP contribution in [0.4, 0.5) is 10.1 Å². The van der Waals surface area contributed by atoms with Gasteiger partial charge in [0.1, 0.15) is 5.82 Å². The second kappa shape index (κ2) is 5.79. The van der Waals surface area contributed by atoms with Crippen LogP contribution in [0.15, 0.2) is 12.1 Å². The largest absolute Gasteiger partial charge is 0.399 e. The van der Waals surface area contributed by atoms with Crippen molar-refractivity contribution in [1.82, 2.24) is 10.4 Å². The second-order valence-electron chi connectivity index (χ2n) is 5.68. The summed E-state index contributed by atoms with van der Waals surface area (Å²) in [6.07, 6.45) is 3.21. The summed E-state index contributed by atoms with van der Waals surface area (Å²) in [6.45, 7) is 5.74. The fraction of sp³-hybridized carbons (Fsp3) is 0.533. The summed E-state index contributed by atoms with van der Waals surface area (Å²) in [5.41, 5.74) is 9.31. The number of carbonyl (C=O) groups excluding carboxylic acids is 1. The van der Waals surface area contributed by atoms with Gasteiger partial charge in [-0.2, -0.15) is 0 Å². The fourth-order valence-corrected chi connectivity index (χ4v) is 2.78. The van der Waals surface area contributed by atoms with E-state index in [1.165, 1.54) is 12.1 Å². The highest BCUT2D eigenvalue weighted by atomic mass is 19.1. The Hall–Kier alpha value is -1.62. The van der Waals surface area contributed by atoms with Gasteiger partial charge in [-0.25, -0.2) is 9.40 Å². The third kappa shape index (κ3) is 2.93. The number of nitrogens with two attached hydrogens (primary N) is 1. The van der Waals surface area contributed by atoms with Gasteiger partial charge in [-0.15, -0.1) is 0 Å². The van der Waals surface area contributed by atoms with E-state index in [0.29, 0.717) is 11.3 Å². The van der Waals surface area contributed by atoms with Crippen molar-refractivity contribution in [2.45, 2.75) is 52.1 Å². The van der Waals surface area contributed by atoms with Crippen molar-refractivity contribution in [2.75, 3.05) is 5.73 Å². The summed E-state index contributed by atoms with van der Waals surface area (Å²) < 4.78 is 14.0. The number of rotatable bonds is 2. The Balaban J connectivity index is 2.20. The van der Waals surface area contributed by atoms with E-state index in [0.717, 1.165) is 19.3 Å². The van der Waals surface area contributed by atoms with Gasteiger partial charge in [-0.3, -0.25) is 10.2 Å². The molecule has 1 fully saturated rings. The normalized spacial score (nSPS) is 23.6. The minimum atomic E-state index is -0.506. The minimum absolute atomic E-state index is 0.00692. The number of hydrogen-bond donors (Lipinski definition) is 2. The number of nitrogens with one attached hydrogen (secondary N) is 1. The molecule has 1 saturated heterocycles. The first-order valence-corrected chi connectivity index (χ1v) is 7.05. The van der Waals surface area contributed by atoms with Crippen LogP contribution in [0.2, 0.25) is 0 Å². The van der Waals surface area contributed by atoms with Gasteiger partial charge in [0.25, 0.3) is 5.91 Å². The maximum absolute atomic E-state index is 14.0. The summed E-state index contributed by atoms with van der Waals surface area (Å²) in [7, 11) is 0. The topological polar surface area (TPSA) is 58.4 Å². The molecule has 0 bridgehead atoms. The Morgan fingerprint density at radius 3 is 2.55 bits per heavy atom. The van der Waals surface area contributed by atoms with E-state index in [2.05, 4.69) is 19.3 Å². The highest BCUT2D eigenvalue weighted by molar-refractivity contribution is 5.95. The predicted octanol–water partition coefficient (Wildman–Crippen LogP) is 2.62. The van der Waals surface area contributed by atoms with E-state index in [1.54, 1.807) is 6.92 Å². The maximum atomic E-state index is 14.0. The molecule has 2 unspecified atom stereocenters. The zero-order valence-electron chi connectivity index (χ0n) is 12.2. The second-order valence-corrected chi connectivity index (χ2v) is 5.68. The number of hydrogen-bond acceptors (Lipinski definition) is 3.